The molecule has 2 nitrogen and oxygen atoms in total. The van der Waals surface area contributed by atoms with Crippen molar-refractivity contribution in [2.45, 2.75) is 37.6 Å². The number of nitrogens with zero attached hydrogens (tertiary/aromatic N) is 1. The number of hydrogen-bond acceptors (Lipinski definition) is 2. The SMILES string of the molecule is NC(C1CCCN1Cc1ccccc1)C(F)(F)F. The lowest BCUT2D eigenvalue weighted by atomic mass is 10.1. The Morgan fingerprint density at radius 2 is 1.94 bits per heavy atom. The summed E-state index contributed by atoms with van der Waals surface area (Å²) in [5.74, 6) is 0. The summed E-state index contributed by atoms with van der Waals surface area (Å²) in [4.78, 5) is 1.84. The largest absolute Gasteiger partial charge is 0.405 e. The molecule has 1 saturated heterocycles. The maximum absolute atomic E-state index is 12.7. The van der Waals surface area contributed by atoms with E-state index < -0.39 is 18.3 Å². The van der Waals surface area contributed by atoms with Crippen LogP contribution in [0.5, 0.6) is 0 Å². The van der Waals surface area contributed by atoms with Crippen LogP contribution in [-0.2, 0) is 6.54 Å². The third kappa shape index (κ3) is 3.03. The van der Waals surface area contributed by atoms with Gasteiger partial charge in [0, 0.05) is 12.6 Å². The van der Waals surface area contributed by atoms with Crippen LogP contribution >= 0.6 is 0 Å². The van der Waals surface area contributed by atoms with E-state index in [1.165, 1.54) is 0 Å². The summed E-state index contributed by atoms with van der Waals surface area (Å²) >= 11 is 0. The Labute approximate surface area is 105 Å². The smallest absolute Gasteiger partial charge is 0.319 e. The molecule has 0 aromatic heterocycles. The van der Waals surface area contributed by atoms with Crippen molar-refractivity contribution in [2.24, 2.45) is 5.73 Å². The molecule has 1 aromatic rings. The van der Waals surface area contributed by atoms with Gasteiger partial charge in [0.1, 0.15) is 6.04 Å². The van der Waals surface area contributed by atoms with Gasteiger partial charge in [0.15, 0.2) is 0 Å². The molecular formula is C13H17F3N2. The zero-order chi connectivity index (χ0) is 13.2. The van der Waals surface area contributed by atoms with Gasteiger partial charge < -0.3 is 5.73 Å². The molecule has 1 heterocycles. The Morgan fingerprint density at radius 3 is 2.56 bits per heavy atom. The molecule has 2 atom stereocenters. The van der Waals surface area contributed by atoms with Crippen LogP contribution in [0, 0.1) is 0 Å². The molecule has 1 aromatic carbocycles. The Bertz CT molecular complexity index is 378. The molecule has 18 heavy (non-hydrogen) atoms. The molecule has 2 rings (SSSR count). The number of hydrogen-bond donors (Lipinski definition) is 1. The normalized spacial score (nSPS) is 23.2. The van der Waals surface area contributed by atoms with Gasteiger partial charge in [-0.25, -0.2) is 0 Å². The van der Waals surface area contributed by atoms with Gasteiger partial charge in [0.2, 0.25) is 0 Å². The molecule has 0 amide bonds. The van der Waals surface area contributed by atoms with Gasteiger partial charge in [-0.15, -0.1) is 0 Å². The lowest BCUT2D eigenvalue weighted by Crippen LogP contribution is -2.52. The van der Waals surface area contributed by atoms with Gasteiger partial charge in [0.05, 0.1) is 0 Å². The number of nitrogens with two attached hydrogens (primary N) is 1. The van der Waals surface area contributed by atoms with E-state index in [9.17, 15) is 13.2 Å². The highest BCUT2D eigenvalue weighted by atomic mass is 19.4. The first-order valence-electron chi connectivity index (χ1n) is 6.09. The Morgan fingerprint density at radius 1 is 1.28 bits per heavy atom. The minimum absolute atomic E-state index is 0.521. The summed E-state index contributed by atoms with van der Waals surface area (Å²) in [7, 11) is 0. The summed E-state index contributed by atoms with van der Waals surface area (Å²) < 4.78 is 38.0. The van der Waals surface area contributed by atoms with Crippen molar-refractivity contribution in [1.82, 2.24) is 4.90 Å². The molecule has 1 aliphatic heterocycles. The summed E-state index contributed by atoms with van der Waals surface area (Å²) in [6.45, 7) is 1.22. The molecule has 5 heteroatoms. The van der Waals surface area contributed by atoms with E-state index in [0.717, 1.165) is 12.0 Å². The highest BCUT2D eigenvalue weighted by molar-refractivity contribution is 5.15. The standard InChI is InChI=1S/C13H17F3N2/c14-13(15,16)12(17)11-7-4-8-18(11)9-10-5-2-1-3-6-10/h1-3,5-6,11-12H,4,7-9,17H2. The van der Waals surface area contributed by atoms with Gasteiger partial charge in [-0.3, -0.25) is 4.90 Å². The van der Waals surface area contributed by atoms with E-state index in [-0.39, 0.29) is 0 Å². The summed E-state index contributed by atoms with van der Waals surface area (Å²) in [5.41, 5.74) is 6.36. The summed E-state index contributed by atoms with van der Waals surface area (Å²) in [6, 6.07) is 7.19. The van der Waals surface area contributed by atoms with Crippen molar-refractivity contribution in [1.29, 1.82) is 0 Å². The number of benzene rings is 1. The van der Waals surface area contributed by atoms with E-state index in [4.69, 9.17) is 5.73 Å². The second-order valence-electron chi connectivity index (χ2n) is 4.73. The molecule has 100 valence electrons. The van der Waals surface area contributed by atoms with Gasteiger partial charge in [0.25, 0.3) is 0 Å². The molecule has 2 unspecified atom stereocenters. The molecule has 2 N–H and O–H groups in total. The first-order valence-corrected chi connectivity index (χ1v) is 6.09. The van der Waals surface area contributed by atoms with Gasteiger partial charge >= 0.3 is 6.18 Å². The van der Waals surface area contributed by atoms with Crippen LogP contribution in [0.25, 0.3) is 0 Å². The van der Waals surface area contributed by atoms with Crippen LogP contribution in [-0.4, -0.2) is 29.7 Å². The van der Waals surface area contributed by atoms with Crippen molar-refractivity contribution >= 4 is 0 Å². The van der Waals surface area contributed by atoms with Crippen LogP contribution in [0.1, 0.15) is 18.4 Å². The first kappa shape index (κ1) is 13.4. The third-order valence-corrected chi connectivity index (χ3v) is 3.44. The third-order valence-electron chi connectivity index (χ3n) is 3.44. The zero-order valence-electron chi connectivity index (χ0n) is 10.0. The van der Waals surface area contributed by atoms with Gasteiger partial charge in [-0.05, 0) is 24.9 Å². The van der Waals surface area contributed by atoms with Crippen molar-refractivity contribution in [2.75, 3.05) is 6.54 Å². The monoisotopic (exact) mass is 258 g/mol. The Hall–Kier alpha value is -1.07. The van der Waals surface area contributed by atoms with Crippen LogP contribution in [0.4, 0.5) is 13.2 Å². The highest BCUT2D eigenvalue weighted by Crippen LogP contribution is 2.30. The first-order chi connectivity index (χ1) is 8.48. The lowest BCUT2D eigenvalue weighted by Gasteiger charge is -2.30. The maximum Gasteiger partial charge on any atom is 0.405 e. The van der Waals surface area contributed by atoms with Crippen LogP contribution in [0.15, 0.2) is 30.3 Å². The molecule has 1 aliphatic rings. The number of rotatable bonds is 3. The summed E-state index contributed by atoms with van der Waals surface area (Å²) in [6.07, 6.45) is -3.02. The molecule has 0 aliphatic carbocycles. The average Bonchev–Trinajstić information content (AvgIpc) is 2.76. The van der Waals surface area contributed by atoms with Crippen molar-refractivity contribution in [3.8, 4) is 0 Å². The maximum atomic E-state index is 12.7. The zero-order valence-corrected chi connectivity index (χ0v) is 10.0. The molecular weight excluding hydrogens is 241 g/mol. The highest BCUT2D eigenvalue weighted by Gasteiger charge is 2.45. The van der Waals surface area contributed by atoms with Crippen molar-refractivity contribution in [3.05, 3.63) is 35.9 Å². The van der Waals surface area contributed by atoms with E-state index in [1.807, 2.05) is 35.2 Å². The fourth-order valence-corrected chi connectivity index (χ4v) is 2.49. The second kappa shape index (κ2) is 5.28. The molecule has 0 radical (unpaired) electrons. The molecule has 0 bridgehead atoms. The number of alkyl halides is 3. The Kier molecular flexibility index (Phi) is 3.92. The van der Waals surface area contributed by atoms with Gasteiger partial charge in [-0.1, -0.05) is 30.3 Å². The average molecular weight is 258 g/mol. The molecule has 0 spiro atoms. The van der Waals surface area contributed by atoms with E-state index in [1.54, 1.807) is 0 Å². The quantitative estimate of drug-likeness (QED) is 0.902. The molecule has 1 fully saturated rings. The van der Waals surface area contributed by atoms with E-state index in [2.05, 4.69) is 0 Å². The van der Waals surface area contributed by atoms with Crippen LogP contribution < -0.4 is 5.73 Å². The minimum Gasteiger partial charge on any atom is -0.319 e. The van der Waals surface area contributed by atoms with E-state index in [0.29, 0.717) is 19.5 Å². The number of likely N-dealkylation sites (tertiary alicyclic amines) is 1. The minimum atomic E-state index is -4.32. The number of halogens is 3. The van der Waals surface area contributed by atoms with Crippen LogP contribution in [0.2, 0.25) is 0 Å². The predicted octanol–water partition coefficient (Wildman–Crippen LogP) is 2.54. The van der Waals surface area contributed by atoms with Gasteiger partial charge in [-0.2, -0.15) is 13.2 Å². The molecule has 0 saturated carbocycles. The fourth-order valence-electron chi connectivity index (χ4n) is 2.49. The second-order valence-corrected chi connectivity index (χ2v) is 4.73. The van der Waals surface area contributed by atoms with Crippen LogP contribution in [0.3, 0.4) is 0 Å². The lowest BCUT2D eigenvalue weighted by molar-refractivity contribution is -0.160. The fraction of sp³-hybridized carbons (Fsp3) is 0.538. The topological polar surface area (TPSA) is 29.3 Å². The summed E-state index contributed by atoms with van der Waals surface area (Å²) in [5, 5.41) is 0. The van der Waals surface area contributed by atoms with Crippen molar-refractivity contribution < 1.29 is 13.2 Å². The van der Waals surface area contributed by atoms with E-state index >= 15 is 0 Å². The van der Waals surface area contributed by atoms with Crippen molar-refractivity contribution in [3.63, 3.8) is 0 Å². The Balaban J connectivity index is 2.04. The predicted molar refractivity (Wildman–Crippen MR) is 63.9 cm³/mol.